The lowest BCUT2D eigenvalue weighted by molar-refractivity contribution is -0.139. The molecule has 24 heavy (non-hydrogen) atoms. The van der Waals surface area contributed by atoms with Crippen molar-refractivity contribution in [1.82, 2.24) is 15.1 Å². The molecule has 1 heterocycles. The minimum atomic E-state index is -0.583. The molecule has 1 aliphatic heterocycles. The van der Waals surface area contributed by atoms with Gasteiger partial charge in [-0.15, -0.1) is 0 Å². The predicted octanol–water partition coefficient (Wildman–Crippen LogP) is 2.29. The van der Waals surface area contributed by atoms with Gasteiger partial charge >= 0.3 is 6.03 Å². The largest absolute Gasteiger partial charge is 0.481 e. The molecule has 1 saturated heterocycles. The lowest BCUT2D eigenvalue weighted by atomic mass is 10.2. The highest BCUT2D eigenvalue weighted by molar-refractivity contribution is 6.30. The molecule has 0 spiro atoms. The van der Waals surface area contributed by atoms with Gasteiger partial charge < -0.3 is 19.9 Å². The highest BCUT2D eigenvalue weighted by atomic mass is 35.5. The Labute approximate surface area is 147 Å². The van der Waals surface area contributed by atoms with Crippen molar-refractivity contribution >= 4 is 23.5 Å². The Balaban J connectivity index is 1.89. The second-order valence-electron chi connectivity index (χ2n) is 5.82. The predicted molar refractivity (Wildman–Crippen MR) is 93.5 cm³/mol. The van der Waals surface area contributed by atoms with E-state index in [4.69, 9.17) is 16.3 Å². The normalized spacial score (nSPS) is 15.8. The van der Waals surface area contributed by atoms with Crippen molar-refractivity contribution < 1.29 is 14.3 Å². The van der Waals surface area contributed by atoms with Crippen molar-refractivity contribution in [3.05, 3.63) is 28.8 Å². The fourth-order valence-corrected chi connectivity index (χ4v) is 2.86. The minimum Gasteiger partial charge on any atom is -0.481 e. The Hall–Kier alpha value is -1.95. The van der Waals surface area contributed by atoms with Crippen LogP contribution in [0.1, 0.15) is 19.4 Å². The van der Waals surface area contributed by atoms with E-state index < -0.39 is 6.10 Å². The van der Waals surface area contributed by atoms with Crippen LogP contribution in [-0.2, 0) is 4.79 Å². The number of hydrogen-bond acceptors (Lipinski definition) is 3. The molecule has 0 saturated carbocycles. The molecule has 0 aliphatic carbocycles. The highest BCUT2D eigenvalue weighted by Gasteiger charge is 2.27. The standard InChI is InChI=1S/C17H24ClN3O3/c1-4-19-17(23)21-9-7-20(8-10-21)16(22)13(3)24-15-6-5-14(18)11-12(15)2/h5-6,11,13H,4,7-10H2,1-3H3,(H,19,23). The maximum absolute atomic E-state index is 12.5. The van der Waals surface area contributed by atoms with E-state index in [0.29, 0.717) is 43.5 Å². The van der Waals surface area contributed by atoms with E-state index >= 15 is 0 Å². The number of ether oxygens (including phenoxy) is 1. The molecule has 3 amide bonds. The van der Waals surface area contributed by atoms with E-state index in [-0.39, 0.29) is 11.9 Å². The third-order valence-corrected chi connectivity index (χ3v) is 4.23. The molecule has 2 rings (SSSR count). The highest BCUT2D eigenvalue weighted by Crippen LogP contribution is 2.23. The molecule has 132 valence electrons. The number of amides is 3. The molecule has 1 aliphatic rings. The summed E-state index contributed by atoms with van der Waals surface area (Å²) in [5, 5.41) is 3.41. The number of nitrogens with zero attached hydrogens (tertiary/aromatic N) is 2. The minimum absolute atomic E-state index is 0.0695. The molecule has 0 radical (unpaired) electrons. The van der Waals surface area contributed by atoms with Crippen LogP contribution in [0, 0.1) is 6.92 Å². The van der Waals surface area contributed by atoms with Crippen molar-refractivity contribution in [1.29, 1.82) is 0 Å². The first kappa shape index (κ1) is 18.4. The number of urea groups is 1. The first-order valence-corrected chi connectivity index (χ1v) is 8.54. The van der Waals surface area contributed by atoms with E-state index in [0.717, 1.165) is 5.56 Å². The van der Waals surface area contributed by atoms with Crippen molar-refractivity contribution in [2.45, 2.75) is 26.9 Å². The van der Waals surface area contributed by atoms with Crippen LogP contribution in [0.15, 0.2) is 18.2 Å². The molecule has 1 aromatic rings. The molecule has 7 heteroatoms. The van der Waals surface area contributed by atoms with Crippen molar-refractivity contribution in [3.8, 4) is 5.75 Å². The Morgan fingerprint density at radius 3 is 2.46 bits per heavy atom. The van der Waals surface area contributed by atoms with Crippen molar-refractivity contribution in [3.63, 3.8) is 0 Å². The van der Waals surface area contributed by atoms with E-state index in [9.17, 15) is 9.59 Å². The second kappa shape index (κ2) is 8.24. The van der Waals surface area contributed by atoms with Crippen molar-refractivity contribution in [2.24, 2.45) is 0 Å². The molecule has 0 bridgehead atoms. The first-order chi connectivity index (χ1) is 11.4. The topological polar surface area (TPSA) is 61.9 Å². The zero-order chi connectivity index (χ0) is 17.7. The fraction of sp³-hybridized carbons (Fsp3) is 0.529. The number of carbonyl (C=O) groups is 2. The summed E-state index contributed by atoms with van der Waals surface area (Å²) in [7, 11) is 0. The number of rotatable bonds is 4. The first-order valence-electron chi connectivity index (χ1n) is 8.16. The lowest BCUT2D eigenvalue weighted by Crippen LogP contribution is -2.55. The van der Waals surface area contributed by atoms with Crippen LogP contribution >= 0.6 is 11.6 Å². The van der Waals surface area contributed by atoms with Gasteiger partial charge in [-0.25, -0.2) is 4.79 Å². The average molecular weight is 354 g/mol. The van der Waals surface area contributed by atoms with Crippen LogP contribution in [0.4, 0.5) is 4.79 Å². The SMILES string of the molecule is CCNC(=O)N1CCN(C(=O)C(C)Oc2ccc(Cl)cc2C)CC1. The number of carbonyl (C=O) groups excluding carboxylic acids is 2. The van der Waals surface area contributed by atoms with Gasteiger partial charge in [0.1, 0.15) is 5.75 Å². The van der Waals surface area contributed by atoms with Crippen LogP contribution in [0.5, 0.6) is 5.75 Å². The maximum Gasteiger partial charge on any atom is 0.317 e. The molecule has 1 fully saturated rings. The number of benzene rings is 1. The number of halogens is 1. The van der Waals surface area contributed by atoms with E-state index in [2.05, 4.69) is 5.32 Å². The van der Waals surface area contributed by atoms with Gasteiger partial charge in [-0.05, 0) is 44.5 Å². The van der Waals surface area contributed by atoms with Gasteiger partial charge in [0, 0.05) is 37.7 Å². The number of piperazine rings is 1. The second-order valence-corrected chi connectivity index (χ2v) is 6.25. The smallest absolute Gasteiger partial charge is 0.317 e. The number of hydrogen-bond donors (Lipinski definition) is 1. The third-order valence-electron chi connectivity index (χ3n) is 4.00. The van der Waals surface area contributed by atoms with E-state index in [1.54, 1.807) is 34.9 Å². The van der Waals surface area contributed by atoms with Gasteiger partial charge in [0.2, 0.25) is 0 Å². The Bertz CT molecular complexity index is 601. The number of aryl methyl sites for hydroxylation is 1. The van der Waals surface area contributed by atoms with E-state index in [1.807, 2.05) is 13.8 Å². The van der Waals surface area contributed by atoms with Gasteiger partial charge in [0.05, 0.1) is 0 Å². The summed E-state index contributed by atoms with van der Waals surface area (Å²) in [6.07, 6.45) is -0.583. The summed E-state index contributed by atoms with van der Waals surface area (Å²) in [5.41, 5.74) is 0.892. The van der Waals surface area contributed by atoms with Crippen LogP contribution in [0.2, 0.25) is 5.02 Å². The summed E-state index contributed by atoms with van der Waals surface area (Å²) in [6.45, 7) is 8.22. The molecule has 1 atom stereocenters. The summed E-state index contributed by atoms with van der Waals surface area (Å²) in [6, 6.07) is 5.24. The van der Waals surface area contributed by atoms with Gasteiger partial charge in [-0.3, -0.25) is 4.79 Å². The van der Waals surface area contributed by atoms with Crippen LogP contribution in [0.3, 0.4) is 0 Å². The molecule has 1 unspecified atom stereocenters. The summed E-state index contributed by atoms with van der Waals surface area (Å²) in [4.78, 5) is 27.8. The molecule has 1 aromatic carbocycles. The van der Waals surface area contributed by atoms with Crippen molar-refractivity contribution in [2.75, 3.05) is 32.7 Å². The molecule has 6 nitrogen and oxygen atoms in total. The van der Waals surface area contributed by atoms with Gasteiger partial charge in [0.15, 0.2) is 6.10 Å². The quantitative estimate of drug-likeness (QED) is 0.903. The van der Waals surface area contributed by atoms with Gasteiger partial charge in [0.25, 0.3) is 5.91 Å². The molecular weight excluding hydrogens is 330 g/mol. The van der Waals surface area contributed by atoms with Gasteiger partial charge in [-0.2, -0.15) is 0 Å². The van der Waals surface area contributed by atoms with E-state index in [1.165, 1.54) is 0 Å². The fourth-order valence-electron chi connectivity index (χ4n) is 2.64. The Morgan fingerprint density at radius 2 is 1.88 bits per heavy atom. The Kier molecular flexibility index (Phi) is 6.31. The maximum atomic E-state index is 12.5. The summed E-state index contributed by atoms with van der Waals surface area (Å²) >= 11 is 5.93. The van der Waals surface area contributed by atoms with Gasteiger partial charge in [-0.1, -0.05) is 11.6 Å². The molecular formula is C17H24ClN3O3. The third kappa shape index (κ3) is 4.54. The Morgan fingerprint density at radius 1 is 1.25 bits per heavy atom. The molecule has 1 N–H and O–H groups in total. The number of nitrogens with one attached hydrogen (secondary N) is 1. The van der Waals surface area contributed by atoms with Crippen LogP contribution in [-0.4, -0.2) is 60.6 Å². The zero-order valence-corrected chi connectivity index (χ0v) is 15.1. The lowest BCUT2D eigenvalue weighted by Gasteiger charge is -2.35. The monoisotopic (exact) mass is 353 g/mol. The zero-order valence-electron chi connectivity index (χ0n) is 14.3. The summed E-state index contributed by atoms with van der Waals surface area (Å²) in [5.74, 6) is 0.584. The summed E-state index contributed by atoms with van der Waals surface area (Å²) < 4.78 is 5.79. The molecule has 0 aromatic heterocycles. The van der Waals surface area contributed by atoms with Crippen LogP contribution < -0.4 is 10.1 Å². The average Bonchev–Trinajstić information content (AvgIpc) is 2.57. The van der Waals surface area contributed by atoms with Crippen LogP contribution in [0.25, 0.3) is 0 Å².